The lowest BCUT2D eigenvalue weighted by Crippen LogP contribution is -2.41. The van der Waals surface area contributed by atoms with Crippen LogP contribution in [0.3, 0.4) is 0 Å². The zero-order valence-electron chi connectivity index (χ0n) is 16.8. The minimum Gasteiger partial charge on any atom is -0.445 e. The molecule has 6 nitrogen and oxygen atoms in total. The highest BCUT2D eigenvalue weighted by Gasteiger charge is 2.28. The van der Waals surface area contributed by atoms with Crippen molar-refractivity contribution in [1.29, 1.82) is 0 Å². The van der Waals surface area contributed by atoms with E-state index in [1.54, 1.807) is 23.0 Å². The number of carbonyl (C=O) groups is 1. The maximum Gasteiger partial charge on any atom is 0.244 e. The maximum absolute atomic E-state index is 13.1. The highest BCUT2D eigenvalue weighted by Crippen LogP contribution is 2.27. The van der Waals surface area contributed by atoms with Crippen molar-refractivity contribution < 1.29 is 13.6 Å². The number of benzene rings is 1. The number of aryl methyl sites for hydroxylation is 2. The van der Waals surface area contributed by atoms with Gasteiger partial charge in [-0.3, -0.25) is 9.48 Å². The Balaban J connectivity index is 1.39. The molecule has 0 N–H and O–H groups in total. The minimum atomic E-state index is -0.251. The van der Waals surface area contributed by atoms with Crippen LogP contribution in [0.4, 0.5) is 4.39 Å². The van der Waals surface area contributed by atoms with Gasteiger partial charge in [-0.25, -0.2) is 9.37 Å². The number of nitrogens with zero attached hydrogens (tertiary/aromatic N) is 4. The Labute approximate surface area is 169 Å². The summed E-state index contributed by atoms with van der Waals surface area (Å²) in [6.07, 6.45) is 4.17. The molecule has 0 bridgehead atoms. The molecule has 1 aliphatic rings. The molecule has 2 aromatic heterocycles. The van der Waals surface area contributed by atoms with Crippen LogP contribution in [0.2, 0.25) is 0 Å². The molecule has 7 heteroatoms. The second kappa shape index (κ2) is 8.19. The van der Waals surface area contributed by atoms with Crippen molar-refractivity contribution in [3.63, 3.8) is 0 Å². The second-order valence-corrected chi connectivity index (χ2v) is 7.73. The first-order valence-electron chi connectivity index (χ1n) is 9.96. The van der Waals surface area contributed by atoms with E-state index in [2.05, 4.69) is 10.1 Å². The Kier molecular flexibility index (Phi) is 5.47. The Hall–Kier alpha value is -2.96. The van der Waals surface area contributed by atoms with E-state index in [1.165, 1.54) is 12.1 Å². The summed E-state index contributed by atoms with van der Waals surface area (Å²) in [5.74, 6) is 1.33. The third kappa shape index (κ3) is 4.55. The summed E-state index contributed by atoms with van der Waals surface area (Å²) < 4.78 is 20.8. The zero-order chi connectivity index (χ0) is 20.4. The lowest BCUT2D eigenvalue weighted by Gasteiger charge is -2.31. The SMILES string of the molecule is Cc1cc(C)n(CC(=O)N2CCC[C@H](c3ncc(Cc4ccc(F)cc4)o3)C2)n1. The van der Waals surface area contributed by atoms with E-state index in [-0.39, 0.29) is 24.2 Å². The molecular weight excluding hydrogens is 371 g/mol. The summed E-state index contributed by atoms with van der Waals surface area (Å²) in [5, 5.41) is 4.39. The van der Waals surface area contributed by atoms with Gasteiger partial charge in [0.05, 0.1) is 17.8 Å². The molecule has 3 heterocycles. The first kappa shape index (κ1) is 19.4. The molecule has 0 radical (unpaired) electrons. The van der Waals surface area contributed by atoms with E-state index in [4.69, 9.17) is 4.42 Å². The number of amides is 1. The molecular formula is C22H25FN4O2. The fourth-order valence-corrected chi connectivity index (χ4v) is 3.86. The van der Waals surface area contributed by atoms with E-state index in [0.717, 1.165) is 42.1 Å². The maximum atomic E-state index is 13.1. The van der Waals surface area contributed by atoms with Crippen molar-refractivity contribution in [3.8, 4) is 0 Å². The second-order valence-electron chi connectivity index (χ2n) is 7.73. The van der Waals surface area contributed by atoms with Gasteiger partial charge in [0.25, 0.3) is 0 Å². The van der Waals surface area contributed by atoms with Gasteiger partial charge in [-0.1, -0.05) is 12.1 Å². The Morgan fingerprint density at radius 2 is 2.07 bits per heavy atom. The van der Waals surface area contributed by atoms with Gasteiger partial charge in [0.2, 0.25) is 5.91 Å². The molecule has 1 aliphatic heterocycles. The molecule has 1 saturated heterocycles. The first-order chi connectivity index (χ1) is 14.0. The molecule has 4 rings (SSSR count). The van der Waals surface area contributed by atoms with Gasteiger partial charge in [0.15, 0.2) is 5.89 Å². The lowest BCUT2D eigenvalue weighted by atomic mass is 9.98. The standard InChI is InChI=1S/C22H25FN4O2/c1-15-10-16(2)27(25-15)14-21(28)26-9-3-4-18(13-26)22-24-12-20(29-22)11-17-5-7-19(23)8-6-17/h5-8,10,12,18H,3-4,9,11,13-14H2,1-2H3/t18-/m0/s1. The van der Waals surface area contributed by atoms with Crippen LogP contribution in [0.5, 0.6) is 0 Å². The van der Waals surface area contributed by atoms with E-state index in [1.807, 2.05) is 24.8 Å². The summed E-state index contributed by atoms with van der Waals surface area (Å²) >= 11 is 0. The average Bonchev–Trinajstić information content (AvgIpc) is 3.30. The molecule has 1 amide bonds. The largest absolute Gasteiger partial charge is 0.445 e. The Bertz CT molecular complexity index is 993. The highest BCUT2D eigenvalue weighted by molar-refractivity contribution is 5.76. The summed E-state index contributed by atoms with van der Waals surface area (Å²) in [5.41, 5.74) is 2.88. The number of hydrogen-bond acceptors (Lipinski definition) is 4. The number of oxazole rings is 1. The number of aromatic nitrogens is 3. The molecule has 1 fully saturated rings. The number of halogens is 1. The molecule has 29 heavy (non-hydrogen) atoms. The van der Waals surface area contributed by atoms with Crippen LogP contribution in [0.1, 0.15) is 47.4 Å². The number of likely N-dealkylation sites (tertiary alicyclic amines) is 1. The van der Waals surface area contributed by atoms with Gasteiger partial charge < -0.3 is 9.32 Å². The normalized spacial score (nSPS) is 16.9. The van der Waals surface area contributed by atoms with Gasteiger partial charge in [-0.05, 0) is 50.5 Å². The molecule has 1 aromatic carbocycles. The van der Waals surface area contributed by atoms with Crippen LogP contribution in [0, 0.1) is 19.7 Å². The van der Waals surface area contributed by atoms with Crippen molar-refractivity contribution in [1.82, 2.24) is 19.7 Å². The average molecular weight is 396 g/mol. The zero-order valence-corrected chi connectivity index (χ0v) is 16.8. The summed E-state index contributed by atoms with van der Waals surface area (Å²) in [6, 6.07) is 8.36. The van der Waals surface area contributed by atoms with Gasteiger partial charge >= 0.3 is 0 Å². The molecule has 0 unspecified atom stereocenters. The number of carbonyl (C=O) groups excluding carboxylic acids is 1. The number of piperidine rings is 1. The van der Waals surface area contributed by atoms with Gasteiger partial charge in [-0.2, -0.15) is 5.10 Å². The third-order valence-electron chi connectivity index (χ3n) is 5.37. The predicted octanol–water partition coefficient (Wildman–Crippen LogP) is 3.62. The van der Waals surface area contributed by atoms with Crippen molar-refractivity contribution in [2.45, 2.75) is 45.6 Å². The van der Waals surface area contributed by atoms with Crippen molar-refractivity contribution in [3.05, 3.63) is 70.9 Å². The molecule has 152 valence electrons. The molecule has 0 spiro atoms. The van der Waals surface area contributed by atoms with E-state index < -0.39 is 0 Å². The van der Waals surface area contributed by atoms with Crippen molar-refractivity contribution >= 4 is 5.91 Å². The number of hydrogen-bond donors (Lipinski definition) is 0. The summed E-state index contributed by atoms with van der Waals surface area (Å²) in [7, 11) is 0. The summed E-state index contributed by atoms with van der Waals surface area (Å²) in [4.78, 5) is 19.1. The van der Waals surface area contributed by atoms with Crippen LogP contribution < -0.4 is 0 Å². The minimum absolute atomic E-state index is 0.0685. The van der Waals surface area contributed by atoms with E-state index in [0.29, 0.717) is 18.9 Å². The first-order valence-corrected chi connectivity index (χ1v) is 9.96. The van der Waals surface area contributed by atoms with Gasteiger partial charge in [0, 0.05) is 25.2 Å². The monoisotopic (exact) mass is 396 g/mol. The van der Waals surface area contributed by atoms with E-state index >= 15 is 0 Å². The van der Waals surface area contributed by atoms with Crippen LogP contribution in [0.25, 0.3) is 0 Å². The molecule has 0 saturated carbocycles. The Morgan fingerprint density at radius 3 is 2.79 bits per heavy atom. The third-order valence-corrected chi connectivity index (χ3v) is 5.37. The van der Waals surface area contributed by atoms with Crippen LogP contribution in [-0.2, 0) is 17.8 Å². The molecule has 1 atom stereocenters. The topological polar surface area (TPSA) is 64.2 Å². The quantitative estimate of drug-likeness (QED) is 0.661. The van der Waals surface area contributed by atoms with Crippen molar-refractivity contribution in [2.24, 2.45) is 0 Å². The van der Waals surface area contributed by atoms with Crippen molar-refractivity contribution in [2.75, 3.05) is 13.1 Å². The molecule has 3 aromatic rings. The summed E-state index contributed by atoms with van der Waals surface area (Å²) in [6.45, 7) is 5.50. The number of rotatable bonds is 5. The lowest BCUT2D eigenvalue weighted by molar-refractivity contribution is -0.133. The predicted molar refractivity (Wildman–Crippen MR) is 106 cm³/mol. The smallest absolute Gasteiger partial charge is 0.244 e. The van der Waals surface area contributed by atoms with Crippen LogP contribution >= 0.6 is 0 Å². The fourth-order valence-electron chi connectivity index (χ4n) is 3.86. The Morgan fingerprint density at radius 1 is 1.28 bits per heavy atom. The highest BCUT2D eigenvalue weighted by atomic mass is 19.1. The van der Waals surface area contributed by atoms with Gasteiger partial charge in [0.1, 0.15) is 18.1 Å². The van der Waals surface area contributed by atoms with Crippen LogP contribution in [-0.4, -0.2) is 38.7 Å². The van der Waals surface area contributed by atoms with Gasteiger partial charge in [-0.15, -0.1) is 0 Å². The van der Waals surface area contributed by atoms with Crippen LogP contribution in [0.15, 0.2) is 40.9 Å². The van der Waals surface area contributed by atoms with E-state index in [9.17, 15) is 9.18 Å². The fraction of sp³-hybridized carbons (Fsp3) is 0.409. The molecule has 0 aliphatic carbocycles.